The Morgan fingerprint density at radius 2 is 0.540 bits per heavy atom. The lowest BCUT2D eigenvalue weighted by Crippen LogP contribution is -2.23. The molecule has 0 heterocycles. The summed E-state index contributed by atoms with van der Waals surface area (Å²) < 4.78 is 11.9. The van der Waals surface area contributed by atoms with Crippen LogP contribution in [0.5, 0.6) is 0 Å². The third-order valence-corrected chi connectivity index (χ3v) is 11.0. The molecule has 0 aromatic carbocycles. The first-order chi connectivity index (χ1) is 24.5. The normalized spacial score (nSPS) is 11.7. The van der Waals surface area contributed by atoms with Crippen LogP contribution < -0.4 is 0 Å². The van der Waals surface area contributed by atoms with Crippen molar-refractivity contribution >= 4 is 11.9 Å². The summed E-state index contributed by atoms with van der Waals surface area (Å²) in [5.74, 6) is 0.881. The average molecular weight is 707 g/mol. The van der Waals surface area contributed by atoms with Gasteiger partial charge in [0, 0.05) is 18.8 Å². The van der Waals surface area contributed by atoms with Crippen molar-refractivity contribution in [2.75, 3.05) is 13.2 Å². The molecule has 0 aliphatic carbocycles. The van der Waals surface area contributed by atoms with E-state index in [-0.39, 0.29) is 17.9 Å². The van der Waals surface area contributed by atoms with Gasteiger partial charge in [-0.05, 0) is 43.9 Å². The van der Waals surface area contributed by atoms with Crippen molar-refractivity contribution in [1.82, 2.24) is 0 Å². The maximum atomic E-state index is 13.2. The Bertz CT molecular complexity index is 620. The maximum absolute atomic E-state index is 13.2. The van der Waals surface area contributed by atoms with E-state index in [9.17, 15) is 9.59 Å². The first-order valence-electron chi connectivity index (χ1n) is 22.8. The summed E-state index contributed by atoms with van der Waals surface area (Å²) in [6.45, 7) is 12.1. The van der Waals surface area contributed by atoms with Crippen LogP contribution in [-0.4, -0.2) is 25.2 Å². The number of hydrogen-bond acceptors (Lipinski definition) is 4. The number of esters is 2. The zero-order valence-corrected chi connectivity index (χ0v) is 34.8. The Balaban J connectivity index is 4.95. The van der Waals surface area contributed by atoms with Crippen LogP contribution in [0.15, 0.2) is 0 Å². The van der Waals surface area contributed by atoms with E-state index in [0.717, 1.165) is 51.4 Å². The maximum Gasteiger partial charge on any atom is 0.306 e. The quantitative estimate of drug-likeness (QED) is 0.0470. The van der Waals surface area contributed by atoms with E-state index in [1.54, 1.807) is 0 Å². The van der Waals surface area contributed by atoms with Gasteiger partial charge in [0.2, 0.25) is 0 Å². The van der Waals surface area contributed by atoms with Crippen LogP contribution in [-0.2, 0) is 19.1 Å². The van der Waals surface area contributed by atoms with E-state index in [2.05, 4.69) is 34.6 Å². The number of rotatable bonds is 40. The molecule has 0 aromatic rings. The molecular formula is C46H90O4. The fourth-order valence-corrected chi connectivity index (χ4v) is 7.46. The highest BCUT2D eigenvalue weighted by molar-refractivity contribution is 5.70. The monoisotopic (exact) mass is 707 g/mol. The van der Waals surface area contributed by atoms with Crippen molar-refractivity contribution in [3.05, 3.63) is 0 Å². The SMILES string of the molecule is CCCCCCCCC(CCCCCCCC)CC(=O)OCC(CCCCC)COC(=O)CC(CCCCCCCC)CCCCCCCC. The molecule has 50 heavy (non-hydrogen) atoms. The van der Waals surface area contributed by atoms with Crippen molar-refractivity contribution in [2.45, 2.75) is 253 Å². The molecular weight excluding hydrogens is 617 g/mol. The molecule has 0 atom stereocenters. The summed E-state index contributed by atoms with van der Waals surface area (Å²) in [4.78, 5) is 26.3. The van der Waals surface area contributed by atoms with Crippen molar-refractivity contribution in [3.8, 4) is 0 Å². The standard InChI is InChI=1S/C46H90O4/c1-6-11-16-20-24-29-33-42(34-30-25-21-17-12-7-2)38-45(47)49-40-44(37-28-15-10-5)41-50-46(48)39-43(35-31-26-22-18-13-8-3)36-32-27-23-19-14-9-4/h42-44H,6-41H2,1-5H3. The summed E-state index contributed by atoms with van der Waals surface area (Å²) in [5.41, 5.74) is 0. The highest BCUT2D eigenvalue weighted by atomic mass is 16.5. The van der Waals surface area contributed by atoms with E-state index in [1.165, 1.54) is 154 Å². The van der Waals surface area contributed by atoms with Gasteiger partial charge in [0.1, 0.15) is 0 Å². The second-order valence-corrected chi connectivity index (χ2v) is 16.1. The van der Waals surface area contributed by atoms with Crippen LogP contribution in [0.2, 0.25) is 0 Å². The van der Waals surface area contributed by atoms with Gasteiger partial charge in [-0.2, -0.15) is 0 Å². The molecule has 0 aliphatic rings. The second-order valence-electron chi connectivity index (χ2n) is 16.1. The number of hydrogen-bond donors (Lipinski definition) is 0. The molecule has 0 spiro atoms. The van der Waals surface area contributed by atoms with E-state index >= 15 is 0 Å². The van der Waals surface area contributed by atoms with E-state index in [0.29, 0.717) is 37.9 Å². The molecule has 0 radical (unpaired) electrons. The fraction of sp³-hybridized carbons (Fsp3) is 0.957. The summed E-state index contributed by atoms with van der Waals surface area (Å²) in [6.07, 6.45) is 41.2. The molecule has 0 bridgehead atoms. The Hall–Kier alpha value is -1.06. The molecule has 0 N–H and O–H groups in total. The van der Waals surface area contributed by atoms with Crippen LogP contribution in [0.3, 0.4) is 0 Å². The largest absolute Gasteiger partial charge is 0.465 e. The molecule has 0 aromatic heterocycles. The number of ether oxygens (including phenoxy) is 2. The van der Waals surface area contributed by atoms with Gasteiger partial charge in [0.15, 0.2) is 0 Å². The summed E-state index contributed by atoms with van der Waals surface area (Å²) in [7, 11) is 0. The van der Waals surface area contributed by atoms with Gasteiger partial charge in [-0.3, -0.25) is 9.59 Å². The van der Waals surface area contributed by atoms with Crippen molar-refractivity contribution in [2.24, 2.45) is 17.8 Å². The lowest BCUT2D eigenvalue weighted by Gasteiger charge is -2.21. The fourth-order valence-electron chi connectivity index (χ4n) is 7.46. The van der Waals surface area contributed by atoms with Crippen LogP contribution in [0.4, 0.5) is 0 Å². The first kappa shape index (κ1) is 48.9. The van der Waals surface area contributed by atoms with Gasteiger partial charge < -0.3 is 9.47 Å². The zero-order valence-electron chi connectivity index (χ0n) is 34.8. The number of unbranched alkanes of at least 4 members (excludes halogenated alkanes) is 22. The average Bonchev–Trinajstić information content (AvgIpc) is 3.11. The molecule has 0 amide bonds. The van der Waals surface area contributed by atoms with Crippen molar-refractivity contribution in [3.63, 3.8) is 0 Å². The molecule has 0 aliphatic heterocycles. The molecule has 298 valence electrons. The lowest BCUT2D eigenvalue weighted by atomic mass is 9.91. The minimum absolute atomic E-state index is 0.0447. The van der Waals surface area contributed by atoms with Gasteiger partial charge in [0.25, 0.3) is 0 Å². The summed E-state index contributed by atoms with van der Waals surface area (Å²) >= 11 is 0. The van der Waals surface area contributed by atoms with Gasteiger partial charge in [-0.1, -0.05) is 208 Å². The smallest absolute Gasteiger partial charge is 0.306 e. The van der Waals surface area contributed by atoms with Crippen LogP contribution in [0, 0.1) is 17.8 Å². The molecule has 0 rings (SSSR count). The molecule has 0 saturated carbocycles. The van der Waals surface area contributed by atoms with E-state index in [4.69, 9.17) is 9.47 Å². The molecule has 0 fully saturated rings. The zero-order chi connectivity index (χ0) is 36.8. The molecule has 4 nitrogen and oxygen atoms in total. The van der Waals surface area contributed by atoms with E-state index in [1.807, 2.05) is 0 Å². The predicted molar refractivity (Wildman–Crippen MR) is 218 cm³/mol. The third-order valence-electron chi connectivity index (χ3n) is 11.0. The highest BCUT2D eigenvalue weighted by Crippen LogP contribution is 2.25. The highest BCUT2D eigenvalue weighted by Gasteiger charge is 2.20. The minimum Gasteiger partial charge on any atom is -0.465 e. The Morgan fingerprint density at radius 1 is 0.320 bits per heavy atom. The summed E-state index contributed by atoms with van der Waals surface area (Å²) in [5, 5.41) is 0. The van der Waals surface area contributed by atoms with Gasteiger partial charge >= 0.3 is 11.9 Å². The van der Waals surface area contributed by atoms with E-state index < -0.39 is 0 Å². The third kappa shape index (κ3) is 34.0. The minimum atomic E-state index is -0.0447. The number of carbonyl (C=O) groups is 2. The predicted octanol–water partition coefficient (Wildman–Crippen LogP) is 15.3. The first-order valence-corrected chi connectivity index (χ1v) is 22.8. The summed E-state index contributed by atoms with van der Waals surface area (Å²) in [6, 6.07) is 0. The second kappa shape index (κ2) is 39.2. The van der Waals surface area contributed by atoms with Crippen molar-refractivity contribution < 1.29 is 19.1 Å². The topological polar surface area (TPSA) is 52.6 Å². The molecule has 0 unspecified atom stereocenters. The van der Waals surface area contributed by atoms with Gasteiger partial charge in [-0.25, -0.2) is 0 Å². The van der Waals surface area contributed by atoms with Crippen LogP contribution in [0.25, 0.3) is 0 Å². The van der Waals surface area contributed by atoms with Crippen LogP contribution >= 0.6 is 0 Å². The Morgan fingerprint density at radius 3 is 0.840 bits per heavy atom. The van der Waals surface area contributed by atoms with Gasteiger partial charge in [0.05, 0.1) is 13.2 Å². The lowest BCUT2D eigenvalue weighted by molar-refractivity contribution is -0.150. The molecule has 4 heteroatoms. The Labute approximate surface area is 314 Å². The van der Waals surface area contributed by atoms with Crippen molar-refractivity contribution in [1.29, 1.82) is 0 Å². The Kier molecular flexibility index (Phi) is 38.3. The van der Waals surface area contributed by atoms with Crippen LogP contribution in [0.1, 0.15) is 253 Å². The molecule has 0 saturated heterocycles. The van der Waals surface area contributed by atoms with Gasteiger partial charge in [-0.15, -0.1) is 0 Å². The number of carbonyl (C=O) groups excluding carboxylic acids is 2.